The summed E-state index contributed by atoms with van der Waals surface area (Å²) in [6.45, 7) is 12.7. The molecule has 1 aromatic heterocycles. The Morgan fingerprint density at radius 3 is 1.91 bits per heavy atom. The number of nitrogens with zero attached hydrogens (tertiary/aromatic N) is 2. The molecular weight excluding hydrogens is 551 g/mol. The molecule has 0 aliphatic rings. The number of halogens is 1. The molecule has 3 aromatic carbocycles. The Kier molecular flexibility index (Phi) is 6.55. The summed E-state index contributed by atoms with van der Waals surface area (Å²) in [7, 11) is 3.27. The Balaban J connectivity index is 2.16. The molecule has 4 rings (SSSR count). The fraction of sp³-hybridized carbons (Fsp3) is 0.345. The van der Waals surface area contributed by atoms with E-state index in [-0.39, 0.29) is 10.8 Å². The second-order valence-corrected chi connectivity index (χ2v) is 12.1. The lowest BCUT2D eigenvalue weighted by Gasteiger charge is -2.28. The van der Waals surface area contributed by atoms with E-state index in [4.69, 9.17) is 14.5 Å². The maximum atomic E-state index is 11.3. The van der Waals surface area contributed by atoms with Crippen molar-refractivity contribution in [1.82, 2.24) is 9.55 Å². The number of phenols is 1. The highest BCUT2D eigenvalue weighted by atomic mass is 127. The molecule has 1 heterocycles. The van der Waals surface area contributed by atoms with Crippen molar-refractivity contribution in [2.45, 2.75) is 52.4 Å². The van der Waals surface area contributed by atoms with E-state index in [1.807, 2.05) is 18.2 Å². The molecule has 0 aliphatic heterocycles. The van der Waals surface area contributed by atoms with E-state index in [0.717, 1.165) is 42.8 Å². The van der Waals surface area contributed by atoms with Crippen molar-refractivity contribution >= 4 is 33.6 Å². The van der Waals surface area contributed by atoms with Crippen LogP contribution < -0.4 is 9.47 Å². The zero-order valence-corrected chi connectivity index (χ0v) is 23.8. The van der Waals surface area contributed by atoms with Gasteiger partial charge < -0.3 is 14.6 Å². The van der Waals surface area contributed by atoms with Crippen LogP contribution in [0.25, 0.3) is 28.1 Å². The van der Waals surface area contributed by atoms with E-state index >= 15 is 0 Å². The highest BCUT2D eigenvalue weighted by Gasteiger charge is 2.28. The van der Waals surface area contributed by atoms with Gasteiger partial charge in [-0.3, -0.25) is 4.57 Å². The van der Waals surface area contributed by atoms with E-state index in [1.165, 1.54) is 0 Å². The first-order chi connectivity index (χ1) is 16.3. The number of benzene rings is 3. The van der Waals surface area contributed by atoms with E-state index < -0.39 is 0 Å². The zero-order chi connectivity index (χ0) is 25.7. The number of imidazole rings is 1. The van der Waals surface area contributed by atoms with Crippen molar-refractivity contribution in [2.24, 2.45) is 0 Å². The first kappa shape index (κ1) is 25.4. The normalized spacial score (nSPS) is 12.3. The Bertz CT molecular complexity index is 1370. The van der Waals surface area contributed by atoms with E-state index in [9.17, 15) is 5.11 Å². The molecule has 35 heavy (non-hydrogen) atoms. The van der Waals surface area contributed by atoms with Crippen LogP contribution in [0.1, 0.15) is 52.7 Å². The van der Waals surface area contributed by atoms with E-state index in [0.29, 0.717) is 17.2 Å². The summed E-state index contributed by atoms with van der Waals surface area (Å²) in [5.74, 6) is 2.45. The maximum absolute atomic E-state index is 11.3. The number of rotatable bonds is 4. The predicted molar refractivity (Wildman–Crippen MR) is 151 cm³/mol. The van der Waals surface area contributed by atoms with Gasteiger partial charge in [-0.1, -0.05) is 53.7 Å². The van der Waals surface area contributed by atoms with Gasteiger partial charge in [-0.25, -0.2) is 4.98 Å². The van der Waals surface area contributed by atoms with Crippen molar-refractivity contribution in [3.63, 3.8) is 0 Å². The lowest BCUT2D eigenvalue weighted by molar-refractivity contribution is 0.355. The van der Waals surface area contributed by atoms with Gasteiger partial charge >= 0.3 is 0 Å². The third kappa shape index (κ3) is 4.73. The van der Waals surface area contributed by atoms with Gasteiger partial charge in [0.25, 0.3) is 0 Å². The largest absolute Gasteiger partial charge is 0.507 e. The minimum absolute atomic E-state index is 0.250. The molecule has 0 saturated heterocycles. The Hall–Kier alpha value is -2.74. The third-order valence-electron chi connectivity index (χ3n) is 6.21. The number of hydrogen-bond acceptors (Lipinski definition) is 4. The molecule has 6 heteroatoms. The first-order valence-electron chi connectivity index (χ1n) is 11.6. The highest BCUT2D eigenvalue weighted by Crippen LogP contribution is 2.43. The van der Waals surface area contributed by atoms with E-state index in [2.05, 4.69) is 99.0 Å². The number of fused-ring (bicyclic) bond motifs is 1. The summed E-state index contributed by atoms with van der Waals surface area (Å²) in [5.41, 5.74) is 4.96. The quantitative estimate of drug-likeness (QED) is 0.251. The summed E-state index contributed by atoms with van der Waals surface area (Å²) in [5, 5.41) is 11.3. The molecule has 4 aromatic rings. The topological polar surface area (TPSA) is 56.5 Å². The van der Waals surface area contributed by atoms with Gasteiger partial charge in [0.15, 0.2) is 11.5 Å². The second kappa shape index (κ2) is 9.04. The minimum atomic E-state index is -0.250. The average molecular weight is 584 g/mol. The summed E-state index contributed by atoms with van der Waals surface area (Å²) < 4.78 is 14.5. The van der Waals surface area contributed by atoms with Crippen LogP contribution in [0.4, 0.5) is 0 Å². The maximum Gasteiger partial charge on any atom is 0.163 e. The van der Waals surface area contributed by atoms with Gasteiger partial charge in [-0.2, -0.15) is 0 Å². The summed E-state index contributed by atoms with van der Waals surface area (Å²) in [4.78, 5) is 5.05. The van der Waals surface area contributed by atoms with Gasteiger partial charge in [-0.15, -0.1) is 0 Å². The number of ether oxygens (including phenoxy) is 2. The van der Waals surface area contributed by atoms with Crippen LogP contribution in [0.15, 0.2) is 48.5 Å². The standard InChI is InChI=1S/C29H33IN2O3/c1-28(2,3)20-13-19(14-21(26(20)33)29(4,5)6)32-23-16-25(35-8)24(34-7)15-22(23)31-27(32)17-10-9-11-18(30)12-17/h9-16,33H,1-8H3. The Morgan fingerprint density at radius 1 is 0.829 bits per heavy atom. The SMILES string of the molecule is COc1cc2nc(-c3cccc(I)c3)n(-c3cc(C(C)(C)C)c(O)c(C(C)(C)C)c3)c2cc1OC. The first-order valence-corrected chi connectivity index (χ1v) is 12.7. The molecule has 0 fully saturated rings. The second-order valence-electron chi connectivity index (χ2n) is 10.9. The molecule has 0 radical (unpaired) electrons. The molecular formula is C29H33IN2O3. The molecule has 0 atom stereocenters. The van der Waals surface area contributed by atoms with Crippen molar-refractivity contribution < 1.29 is 14.6 Å². The lowest BCUT2D eigenvalue weighted by atomic mass is 9.79. The molecule has 184 valence electrons. The van der Waals surface area contributed by atoms with Crippen LogP contribution in [0.3, 0.4) is 0 Å². The number of aromatic hydroxyl groups is 1. The van der Waals surface area contributed by atoms with Crippen molar-refractivity contribution in [2.75, 3.05) is 14.2 Å². The van der Waals surface area contributed by atoms with Crippen molar-refractivity contribution in [1.29, 1.82) is 0 Å². The van der Waals surface area contributed by atoms with Crippen molar-refractivity contribution in [3.05, 3.63) is 63.2 Å². The highest BCUT2D eigenvalue weighted by molar-refractivity contribution is 14.1. The molecule has 5 nitrogen and oxygen atoms in total. The van der Waals surface area contributed by atoms with Crippen LogP contribution in [0.2, 0.25) is 0 Å². The summed E-state index contributed by atoms with van der Waals surface area (Å²) in [6, 6.07) is 16.4. The third-order valence-corrected chi connectivity index (χ3v) is 6.88. The van der Waals surface area contributed by atoms with Crippen molar-refractivity contribution in [3.8, 4) is 34.3 Å². The fourth-order valence-corrected chi connectivity index (χ4v) is 4.92. The summed E-state index contributed by atoms with van der Waals surface area (Å²) >= 11 is 2.33. The number of hydrogen-bond donors (Lipinski definition) is 1. The fourth-order valence-electron chi connectivity index (χ4n) is 4.38. The Labute approximate surface area is 221 Å². The van der Waals surface area contributed by atoms with Crippen LogP contribution in [-0.2, 0) is 10.8 Å². The molecule has 0 amide bonds. The summed E-state index contributed by atoms with van der Waals surface area (Å²) in [6.07, 6.45) is 0. The van der Waals surface area contributed by atoms with Gasteiger partial charge in [0.2, 0.25) is 0 Å². The molecule has 0 unspecified atom stereocenters. The lowest BCUT2D eigenvalue weighted by Crippen LogP contribution is -2.18. The van der Waals surface area contributed by atoms with Gasteiger partial charge in [0, 0.05) is 38.1 Å². The van der Waals surface area contributed by atoms with Crippen LogP contribution in [-0.4, -0.2) is 28.9 Å². The van der Waals surface area contributed by atoms with Gasteiger partial charge in [-0.05, 0) is 57.7 Å². The van der Waals surface area contributed by atoms with Gasteiger partial charge in [0.05, 0.1) is 25.3 Å². The predicted octanol–water partition coefficient (Wildman–Crippen LogP) is 7.61. The monoisotopic (exact) mass is 584 g/mol. The van der Waals surface area contributed by atoms with Crippen LogP contribution >= 0.6 is 22.6 Å². The van der Waals surface area contributed by atoms with Crippen LogP contribution in [0, 0.1) is 3.57 Å². The minimum Gasteiger partial charge on any atom is -0.507 e. The smallest absolute Gasteiger partial charge is 0.163 e. The zero-order valence-electron chi connectivity index (χ0n) is 21.7. The molecule has 0 aliphatic carbocycles. The average Bonchev–Trinajstić information content (AvgIpc) is 3.15. The molecule has 0 spiro atoms. The molecule has 1 N–H and O–H groups in total. The van der Waals surface area contributed by atoms with Gasteiger partial charge in [0.1, 0.15) is 11.6 Å². The molecule has 0 saturated carbocycles. The Morgan fingerprint density at radius 2 is 1.40 bits per heavy atom. The number of aromatic nitrogens is 2. The van der Waals surface area contributed by atoms with E-state index in [1.54, 1.807) is 14.2 Å². The number of phenolic OH excluding ortho intramolecular Hbond substituents is 1. The molecule has 0 bridgehead atoms. The van der Waals surface area contributed by atoms with Crippen LogP contribution in [0.5, 0.6) is 17.2 Å². The number of methoxy groups -OCH3 is 2.